The van der Waals surface area contributed by atoms with E-state index in [9.17, 15) is 14.9 Å². The number of nitrogens with zero attached hydrogens (tertiary/aromatic N) is 1. The van der Waals surface area contributed by atoms with Crippen molar-refractivity contribution in [1.82, 2.24) is 5.32 Å². The van der Waals surface area contributed by atoms with Gasteiger partial charge in [0.1, 0.15) is 0 Å². The molecule has 128 valence electrons. The van der Waals surface area contributed by atoms with E-state index in [1.807, 2.05) is 0 Å². The van der Waals surface area contributed by atoms with Crippen LogP contribution in [0.3, 0.4) is 0 Å². The zero-order chi connectivity index (χ0) is 18.4. The summed E-state index contributed by atoms with van der Waals surface area (Å²) in [6.45, 7) is 0. The van der Waals surface area contributed by atoms with Gasteiger partial charge in [0.15, 0.2) is 5.11 Å². The first-order chi connectivity index (χ1) is 11.8. The summed E-state index contributed by atoms with van der Waals surface area (Å²) in [4.78, 5) is 21.9. The lowest BCUT2D eigenvalue weighted by molar-refractivity contribution is -0.384. The summed E-state index contributed by atoms with van der Waals surface area (Å²) in [5.74, 6) is -0.457. The van der Waals surface area contributed by atoms with Gasteiger partial charge < -0.3 is 5.32 Å². The van der Waals surface area contributed by atoms with Gasteiger partial charge >= 0.3 is 0 Å². The highest BCUT2D eigenvalue weighted by Crippen LogP contribution is 2.25. The number of nitro groups is 1. The van der Waals surface area contributed by atoms with Gasteiger partial charge in [-0.3, -0.25) is 20.2 Å². The topological polar surface area (TPSA) is 84.3 Å². The normalized spacial score (nSPS) is 10.5. The van der Waals surface area contributed by atoms with Crippen LogP contribution in [0.1, 0.15) is 5.56 Å². The molecule has 2 rings (SSSR count). The molecule has 25 heavy (non-hydrogen) atoms. The average Bonchev–Trinajstić information content (AvgIpc) is 2.56. The molecule has 0 fully saturated rings. The predicted molar refractivity (Wildman–Crippen MR) is 103 cm³/mol. The molecule has 0 radical (unpaired) electrons. The Morgan fingerprint density at radius 3 is 2.44 bits per heavy atom. The van der Waals surface area contributed by atoms with Crippen LogP contribution in [0.25, 0.3) is 6.08 Å². The van der Waals surface area contributed by atoms with Crippen LogP contribution in [0.5, 0.6) is 0 Å². The maximum Gasteiger partial charge on any atom is 0.269 e. The number of carbonyl (C=O) groups excluding carboxylic acids is 1. The van der Waals surface area contributed by atoms with Gasteiger partial charge in [-0.2, -0.15) is 0 Å². The lowest BCUT2D eigenvalue weighted by atomic mass is 10.2. The lowest BCUT2D eigenvalue weighted by Crippen LogP contribution is -2.32. The van der Waals surface area contributed by atoms with Crippen molar-refractivity contribution in [1.29, 1.82) is 0 Å². The van der Waals surface area contributed by atoms with Crippen molar-refractivity contribution in [3.63, 3.8) is 0 Å². The summed E-state index contributed by atoms with van der Waals surface area (Å²) in [6.07, 6.45) is 2.77. The maximum atomic E-state index is 11.8. The van der Waals surface area contributed by atoms with Crippen molar-refractivity contribution in [2.45, 2.75) is 0 Å². The Bertz CT molecular complexity index is 854. The fourth-order valence-electron chi connectivity index (χ4n) is 1.78. The van der Waals surface area contributed by atoms with Crippen molar-refractivity contribution in [2.24, 2.45) is 0 Å². The Morgan fingerprint density at radius 2 is 1.84 bits per heavy atom. The van der Waals surface area contributed by atoms with Gasteiger partial charge in [-0.25, -0.2) is 0 Å². The number of non-ortho nitro benzene ring substituents is 1. The van der Waals surface area contributed by atoms with E-state index in [1.54, 1.807) is 18.2 Å². The monoisotopic (exact) mass is 395 g/mol. The van der Waals surface area contributed by atoms with Gasteiger partial charge in [-0.05, 0) is 54.2 Å². The fraction of sp³-hybridized carbons (Fsp3) is 0. The summed E-state index contributed by atoms with van der Waals surface area (Å²) in [5, 5.41) is 16.7. The minimum absolute atomic E-state index is 0.0215. The average molecular weight is 396 g/mol. The molecule has 0 unspecified atom stereocenters. The van der Waals surface area contributed by atoms with Gasteiger partial charge in [0.25, 0.3) is 5.69 Å². The molecule has 1 amide bonds. The third-order valence-corrected chi connectivity index (χ3v) is 3.70. The highest BCUT2D eigenvalue weighted by Gasteiger charge is 2.06. The Labute approximate surface area is 158 Å². The molecule has 6 nitrogen and oxygen atoms in total. The molecule has 0 aromatic heterocycles. The second kappa shape index (κ2) is 8.57. The van der Waals surface area contributed by atoms with Crippen LogP contribution in [0, 0.1) is 10.1 Å². The molecule has 0 saturated carbocycles. The van der Waals surface area contributed by atoms with Gasteiger partial charge in [-0.15, -0.1) is 0 Å². The van der Waals surface area contributed by atoms with E-state index in [0.29, 0.717) is 21.3 Å². The summed E-state index contributed by atoms with van der Waals surface area (Å²) in [6, 6.07) is 10.6. The van der Waals surface area contributed by atoms with Crippen LogP contribution in [0.15, 0.2) is 48.5 Å². The standard InChI is InChI=1S/C16H11Cl2N3O3S/c17-11-4-7-14(13(18)9-11)19-16(25)20-15(22)8-3-10-1-5-12(6-2-10)21(23)24/h1-9H,(H2,19,20,22,25)/b8-3+. The number of rotatable bonds is 4. The highest BCUT2D eigenvalue weighted by atomic mass is 35.5. The fourth-order valence-corrected chi connectivity index (χ4v) is 2.44. The third-order valence-electron chi connectivity index (χ3n) is 2.95. The van der Waals surface area contributed by atoms with Crippen molar-refractivity contribution in [3.05, 3.63) is 74.3 Å². The Hall–Kier alpha value is -2.48. The van der Waals surface area contributed by atoms with Crippen molar-refractivity contribution in [3.8, 4) is 0 Å². The van der Waals surface area contributed by atoms with Crippen LogP contribution in [0.2, 0.25) is 10.0 Å². The van der Waals surface area contributed by atoms with E-state index in [-0.39, 0.29) is 10.8 Å². The second-order valence-electron chi connectivity index (χ2n) is 4.75. The Kier molecular flexibility index (Phi) is 6.46. The first-order valence-electron chi connectivity index (χ1n) is 6.85. The van der Waals surface area contributed by atoms with Gasteiger partial charge in [-0.1, -0.05) is 23.2 Å². The number of hydrogen-bond donors (Lipinski definition) is 2. The molecule has 0 spiro atoms. The molecule has 2 aromatic rings. The minimum atomic E-state index is -0.494. The molecule has 0 atom stereocenters. The van der Waals surface area contributed by atoms with E-state index in [2.05, 4.69) is 10.6 Å². The molecular weight excluding hydrogens is 385 g/mol. The van der Waals surface area contributed by atoms with Gasteiger partial charge in [0.05, 0.1) is 15.6 Å². The van der Waals surface area contributed by atoms with E-state index >= 15 is 0 Å². The molecule has 0 aliphatic heterocycles. The molecule has 0 heterocycles. The zero-order valence-corrected chi connectivity index (χ0v) is 14.9. The van der Waals surface area contributed by atoms with Crippen molar-refractivity contribution >= 4 is 63.9 Å². The number of nitrogens with one attached hydrogen (secondary N) is 2. The van der Waals surface area contributed by atoms with Gasteiger partial charge in [0.2, 0.25) is 5.91 Å². The second-order valence-corrected chi connectivity index (χ2v) is 6.00. The SMILES string of the molecule is O=C(/C=C/c1ccc([N+](=O)[O-])cc1)NC(=S)Nc1ccc(Cl)cc1Cl. The number of nitro benzene ring substituents is 1. The lowest BCUT2D eigenvalue weighted by Gasteiger charge is -2.09. The highest BCUT2D eigenvalue weighted by molar-refractivity contribution is 7.80. The Morgan fingerprint density at radius 1 is 1.16 bits per heavy atom. The number of benzene rings is 2. The van der Waals surface area contributed by atoms with Crippen molar-refractivity contribution < 1.29 is 9.72 Å². The quantitative estimate of drug-likeness (QED) is 0.346. The molecule has 0 aliphatic carbocycles. The number of anilines is 1. The summed E-state index contributed by atoms with van der Waals surface area (Å²) in [5.41, 5.74) is 1.13. The van der Waals surface area contributed by atoms with Crippen LogP contribution >= 0.6 is 35.4 Å². The number of thiocarbonyl (C=S) groups is 1. The Balaban J connectivity index is 1.92. The molecule has 2 N–H and O–H groups in total. The zero-order valence-electron chi connectivity index (χ0n) is 12.5. The molecule has 9 heteroatoms. The van der Waals surface area contributed by atoms with E-state index < -0.39 is 10.8 Å². The smallest absolute Gasteiger partial charge is 0.269 e. The number of halogens is 2. The van der Waals surface area contributed by atoms with Crippen LogP contribution < -0.4 is 10.6 Å². The molecule has 0 saturated heterocycles. The van der Waals surface area contributed by atoms with Crippen LogP contribution in [-0.4, -0.2) is 15.9 Å². The summed E-state index contributed by atoms with van der Waals surface area (Å²) >= 11 is 16.8. The van der Waals surface area contributed by atoms with E-state index in [0.717, 1.165) is 0 Å². The summed E-state index contributed by atoms with van der Waals surface area (Å²) < 4.78 is 0. The summed E-state index contributed by atoms with van der Waals surface area (Å²) in [7, 11) is 0. The maximum absolute atomic E-state index is 11.8. The molecule has 0 bridgehead atoms. The number of carbonyl (C=O) groups is 1. The molecule has 2 aromatic carbocycles. The number of hydrogen-bond acceptors (Lipinski definition) is 4. The third kappa shape index (κ3) is 5.82. The molecular formula is C16H11Cl2N3O3S. The molecule has 0 aliphatic rings. The number of amides is 1. The van der Waals surface area contributed by atoms with E-state index in [4.69, 9.17) is 35.4 Å². The van der Waals surface area contributed by atoms with Crippen LogP contribution in [-0.2, 0) is 4.79 Å². The van der Waals surface area contributed by atoms with E-state index in [1.165, 1.54) is 36.4 Å². The van der Waals surface area contributed by atoms with Gasteiger partial charge in [0, 0.05) is 23.2 Å². The largest absolute Gasteiger partial charge is 0.331 e. The van der Waals surface area contributed by atoms with Crippen molar-refractivity contribution in [2.75, 3.05) is 5.32 Å². The minimum Gasteiger partial charge on any atom is -0.331 e. The van der Waals surface area contributed by atoms with Crippen LogP contribution in [0.4, 0.5) is 11.4 Å². The first kappa shape index (κ1) is 18.9. The predicted octanol–water partition coefficient (Wildman–Crippen LogP) is 4.43. The first-order valence-corrected chi connectivity index (χ1v) is 8.01.